The monoisotopic (exact) mass is 325 g/mol. The maximum absolute atomic E-state index is 12.6. The Morgan fingerprint density at radius 3 is 2.38 bits per heavy atom. The Balaban J connectivity index is 2.07. The van der Waals surface area contributed by atoms with Crippen LogP contribution in [0.4, 0.5) is 0 Å². The van der Waals surface area contributed by atoms with Gasteiger partial charge in [0.05, 0.1) is 0 Å². The Hall–Kier alpha value is -2.29. The van der Waals surface area contributed by atoms with E-state index in [4.69, 9.17) is 4.74 Å². The lowest BCUT2D eigenvalue weighted by Gasteiger charge is -2.24. The molecule has 3 nitrogen and oxygen atoms in total. The number of ether oxygens (including phenoxy) is 1. The topological polar surface area (TPSA) is 29.5 Å². The minimum absolute atomic E-state index is 0.0185. The molecule has 2 aromatic carbocycles. The Kier molecular flexibility index (Phi) is 6.02. The van der Waals surface area contributed by atoms with Crippen LogP contribution in [0.15, 0.2) is 48.5 Å². The lowest BCUT2D eigenvalue weighted by atomic mass is 10.0. The lowest BCUT2D eigenvalue weighted by molar-refractivity contribution is -0.137. The number of hydrogen-bond donors (Lipinski definition) is 0. The van der Waals surface area contributed by atoms with Crippen LogP contribution in [0.5, 0.6) is 5.75 Å². The maximum atomic E-state index is 12.6. The van der Waals surface area contributed by atoms with E-state index in [1.807, 2.05) is 57.3 Å². The van der Waals surface area contributed by atoms with Crippen LogP contribution in [0.3, 0.4) is 0 Å². The van der Waals surface area contributed by atoms with Gasteiger partial charge in [0.15, 0.2) is 6.10 Å². The van der Waals surface area contributed by atoms with Crippen LogP contribution < -0.4 is 4.74 Å². The van der Waals surface area contributed by atoms with Crippen molar-refractivity contribution in [2.45, 2.75) is 46.3 Å². The molecule has 1 unspecified atom stereocenters. The zero-order valence-electron chi connectivity index (χ0n) is 15.2. The van der Waals surface area contributed by atoms with E-state index >= 15 is 0 Å². The molecule has 0 saturated heterocycles. The summed E-state index contributed by atoms with van der Waals surface area (Å²) in [5.41, 5.74) is 3.37. The van der Waals surface area contributed by atoms with Crippen molar-refractivity contribution in [2.75, 3.05) is 7.05 Å². The van der Waals surface area contributed by atoms with Crippen molar-refractivity contribution in [1.82, 2.24) is 4.90 Å². The van der Waals surface area contributed by atoms with Gasteiger partial charge in [0.2, 0.25) is 0 Å². The quantitative estimate of drug-likeness (QED) is 0.780. The highest BCUT2D eigenvalue weighted by atomic mass is 16.5. The molecule has 3 heteroatoms. The van der Waals surface area contributed by atoms with Crippen molar-refractivity contribution in [3.05, 3.63) is 65.2 Å². The number of aryl methyl sites for hydroxylation is 1. The van der Waals surface area contributed by atoms with Gasteiger partial charge in [-0.2, -0.15) is 0 Å². The van der Waals surface area contributed by atoms with Crippen molar-refractivity contribution < 1.29 is 9.53 Å². The maximum Gasteiger partial charge on any atom is 0.263 e. The Bertz CT molecular complexity index is 679. The number of rotatable bonds is 6. The van der Waals surface area contributed by atoms with E-state index < -0.39 is 6.10 Å². The number of carbonyl (C=O) groups excluding carboxylic acids is 1. The van der Waals surface area contributed by atoms with Crippen molar-refractivity contribution in [3.63, 3.8) is 0 Å². The van der Waals surface area contributed by atoms with Crippen molar-refractivity contribution >= 4 is 5.91 Å². The van der Waals surface area contributed by atoms with E-state index in [0.29, 0.717) is 12.5 Å². The molecule has 0 aromatic heterocycles. The molecule has 2 rings (SSSR count). The molecule has 24 heavy (non-hydrogen) atoms. The first-order valence-electron chi connectivity index (χ1n) is 8.44. The smallest absolute Gasteiger partial charge is 0.263 e. The van der Waals surface area contributed by atoms with E-state index in [0.717, 1.165) is 22.4 Å². The molecule has 0 saturated carbocycles. The highest BCUT2D eigenvalue weighted by Gasteiger charge is 2.21. The molecule has 0 aliphatic carbocycles. The van der Waals surface area contributed by atoms with Gasteiger partial charge >= 0.3 is 0 Å². The third kappa shape index (κ3) is 4.60. The number of hydrogen-bond acceptors (Lipinski definition) is 2. The third-order valence-electron chi connectivity index (χ3n) is 4.08. The molecule has 0 aliphatic heterocycles. The fourth-order valence-electron chi connectivity index (χ4n) is 2.71. The van der Waals surface area contributed by atoms with Crippen LogP contribution in [0.25, 0.3) is 0 Å². The predicted molar refractivity (Wildman–Crippen MR) is 98.3 cm³/mol. The summed E-state index contributed by atoms with van der Waals surface area (Å²) in [6, 6.07) is 16.2. The molecule has 0 spiro atoms. The fraction of sp³-hybridized carbons (Fsp3) is 0.381. The van der Waals surface area contributed by atoms with Gasteiger partial charge in [0.25, 0.3) is 5.91 Å². The molecule has 0 N–H and O–H groups in total. The normalized spacial score (nSPS) is 12.1. The molecule has 0 radical (unpaired) electrons. The molecular formula is C21H27NO2. The average molecular weight is 325 g/mol. The number of amides is 1. The van der Waals surface area contributed by atoms with Crippen molar-refractivity contribution in [3.8, 4) is 5.75 Å². The number of nitrogens with zero attached hydrogens (tertiary/aromatic N) is 1. The van der Waals surface area contributed by atoms with E-state index in [1.54, 1.807) is 4.90 Å². The van der Waals surface area contributed by atoms with Gasteiger partial charge in [-0.1, -0.05) is 56.3 Å². The first-order chi connectivity index (χ1) is 11.4. The Morgan fingerprint density at radius 2 is 1.75 bits per heavy atom. The van der Waals surface area contributed by atoms with Crippen molar-refractivity contribution in [1.29, 1.82) is 0 Å². The van der Waals surface area contributed by atoms with Crippen LogP contribution in [0.2, 0.25) is 0 Å². The standard InChI is InChI=1S/C21H27NO2/c1-15(2)19-12-11-16(3)13-20(19)24-17(4)21(23)22(5)14-18-9-7-6-8-10-18/h6-13,15,17H,14H2,1-5H3. The van der Waals surface area contributed by atoms with Crippen LogP contribution in [0, 0.1) is 6.92 Å². The van der Waals surface area contributed by atoms with Crippen LogP contribution in [-0.4, -0.2) is 24.0 Å². The molecule has 0 fully saturated rings. The van der Waals surface area contributed by atoms with Gasteiger partial charge in [0.1, 0.15) is 5.75 Å². The van der Waals surface area contributed by atoms with Gasteiger partial charge in [-0.3, -0.25) is 4.79 Å². The zero-order valence-corrected chi connectivity index (χ0v) is 15.2. The van der Waals surface area contributed by atoms with Crippen molar-refractivity contribution in [2.24, 2.45) is 0 Å². The van der Waals surface area contributed by atoms with E-state index in [2.05, 4.69) is 26.0 Å². The lowest BCUT2D eigenvalue weighted by Crippen LogP contribution is -2.37. The van der Waals surface area contributed by atoms with Gasteiger partial charge in [-0.25, -0.2) is 0 Å². The van der Waals surface area contributed by atoms with Gasteiger partial charge in [-0.05, 0) is 42.5 Å². The summed E-state index contributed by atoms with van der Waals surface area (Å²) in [7, 11) is 1.81. The van der Waals surface area contributed by atoms with Crippen LogP contribution >= 0.6 is 0 Å². The first kappa shape index (κ1) is 18.1. The highest BCUT2D eigenvalue weighted by Crippen LogP contribution is 2.28. The Labute approximate surface area is 145 Å². The Morgan fingerprint density at radius 1 is 1.08 bits per heavy atom. The third-order valence-corrected chi connectivity index (χ3v) is 4.08. The summed E-state index contributed by atoms with van der Waals surface area (Å²) < 4.78 is 6.02. The van der Waals surface area contributed by atoms with Gasteiger partial charge in [-0.15, -0.1) is 0 Å². The summed E-state index contributed by atoms with van der Waals surface area (Å²) >= 11 is 0. The molecule has 1 amide bonds. The minimum atomic E-state index is -0.516. The molecule has 0 heterocycles. The second-order valence-corrected chi connectivity index (χ2v) is 6.64. The second kappa shape index (κ2) is 8.00. The molecule has 1 atom stereocenters. The summed E-state index contributed by atoms with van der Waals surface area (Å²) in [5.74, 6) is 1.14. The zero-order chi connectivity index (χ0) is 17.7. The summed E-state index contributed by atoms with van der Waals surface area (Å²) in [6.07, 6.45) is -0.516. The molecule has 128 valence electrons. The second-order valence-electron chi connectivity index (χ2n) is 6.64. The largest absolute Gasteiger partial charge is 0.481 e. The van der Waals surface area contributed by atoms with E-state index in [9.17, 15) is 4.79 Å². The van der Waals surface area contributed by atoms with E-state index in [1.165, 1.54) is 0 Å². The summed E-state index contributed by atoms with van der Waals surface area (Å²) in [4.78, 5) is 14.3. The number of benzene rings is 2. The summed E-state index contributed by atoms with van der Waals surface area (Å²) in [5, 5.41) is 0. The molecular weight excluding hydrogens is 298 g/mol. The average Bonchev–Trinajstić information content (AvgIpc) is 2.54. The van der Waals surface area contributed by atoms with E-state index in [-0.39, 0.29) is 5.91 Å². The highest BCUT2D eigenvalue weighted by molar-refractivity contribution is 5.80. The van der Waals surface area contributed by atoms with Gasteiger partial charge in [0, 0.05) is 13.6 Å². The SMILES string of the molecule is Cc1ccc(C(C)C)c(OC(C)C(=O)N(C)Cc2ccccc2)c1. The van der Waals surface area contributed by atoms with Crippen LogP contribution in [0.1, 0.15) is 43.4 Å². The first-order valence-corrected chi connectivity index (χ1v) is 8.44. The number of carbonyl (C=O) groups is 1. The minimum Gasteiger partial charge on any atom is -0.481 e. The van der Waals surface area contributed by atoms with Gasteiger partial charge < -0.3 is 9.64 Å². The fourth-order valence-corrected chi connectivity index (χ4v) is 2.71. The molecule has 0 bridgehead atoms. The molecule has 2 aromatic rings. The summed E-state index contributed by atoms with van der Waals surface area (Å²) in [6.45, 7) is 8.69. The number of likely N-dealkylation sites (N-methyl/N-ethyl adjacent to an activating group) is 1. The predicted octanol–water partition coefficient (Wildman–Crippen LogP) is 4.54. The van der Waals surface area contributed by atoms with Crippen LogP contribution in [-0.2, 0) is 11.3 Å². The molecule has 0 aliphatic rings.